The van der Waals surface area contributed by atoms with Crippen LogP contribution in [0.25, 0.3) is 6.08 Å². The van der Waals surface area contributed by atoms with E-state index in [-0.39, 0.29) is 11.8 Å². The molecule has 0 aromatic heterocycles. The molecule has 0 aliphatic carbocycles. The highest BCUT2D eigenvalue weighted by Crippen LogP contribution is 2.42. The Kier molecular flexibility index (Phi) is 8.02. The van der Waals surface area contributed by atoms with Crippen LogP contribution >= 0.6 is 23.4 Å². The highest BCUT2D eigenvalue weighted by molar-refractivity contribution is 8.04. The first kappa shape index (κ1) is 24.8. The van der Waals surface area contributed by atoms with Gasteiger partial charge in [0.1, 0.15) is 0 Å². The molecule has 2 aliphatic rings. The molecule has 2 atom stereocenters. The monoisotopic (exact) mass is 497 g/mol. The summed E-state index contributed by atoms with van der Waals surface area (Å²) >= 11 is 7.50. The van der Waals surface area contributed by atoms with Crippen LogP contribution in [0.5, 0.6) is 0 Å². The minimum Gasteiger partial charge on any atom is -0.352 e. The van der Waals surface area contributed by atoms with E-state index in [1.807, 2.05) is 42.5 Å². The maximum absolute atomic E-state index is 13.0. The van der Waals surface area contributed by atoms with Gasteiger partial charge in [-0.25, -0.2) is 0 Å². The molecule has 180 valence electrons. The summed E-state index contributed by atoms with van der Waals surface area (Å²) in [6, 6.07) is 13.0. The molecule has 1 N–H and O–H groups in total. The van der Waals surface area contributed by atoms with Crippen LogP contribution < -0.4 is 10.2 Å². The van der Waals surface area contributed by atoms with Gasteiger partial charge in [-0.05, 0) is 73.2 Å². The summed E-state index contributed by atoms with van der Waals surface area (Å²) in [7, 11) is 1.75. The van der Waals surface area contributed by atoms with Gasteiger partial charge in [0, 0.05) is 42.2 Å². The fourth-order valence-corrected chi connectivity index (χ4v) is 6.16. The van der Waals surface area contributed by atoms with Gasteiger partial charge in [0.15, 0.2) is 0 Å². The number of piperidine rings is 1. The van der Waals surface area contributed by atoms with Crippen LogP contribution in [0.1, 0.15) is 42.6 Å². The first-order valence-corrected chi connectivity index (χ1v) is 13.1. The van der Waals surface area contributed by atoms with E-state index >= 15 is 0 Å². The van der Waals surface area contributed by atoms with Crippen molar-refractivity contribution in [2.75, 3.05) is 38.1 Å². The molecule has 7 heteroatoms. The largest absolute Gasteiger partial charge is 0.352 e. The van der Waals surface area contributed by atoms with E-state index < -0.39 is 0 Å². The van der Waals surface area contributed by atoms with Crippen molar-refractivity contribution in [3.05, 3.63) is 63.5 Å². The number of anilines is 1. The summed E-state index contributed by atoms with van der Waals surface area (Å²) in [6.45, 7) is 8.58. The lowest BCUT2D eigenvalue weighted by Crippen LogP contribution is -2.40. The third-order valence-corrected chi connectivity index (χ3v) is 7.66. The molecular weight excluding hydrogens is 466 g/mol. The average Bonchev–Trinajstić information content (AvgIpc) is 2.79. The van der Waals surface area contributed by atoms with E-state index in [1.165, 1.54) is 18.2 Å². The minimum atomic E-state index is -0.103. The topological polar surface area (TPSA) is 52.7 Å². The molecular formula is C27H32ClN3O2S. The number of amides is 2. The summed E-state index contributed by atoms with van der Waals surface area (Å²) in [5.74, 6) is 1.29. The number of halogens is 1. The van der Waals surface area contributed by atoms with Gasteiger partial charge in [-0.1, -0.05) is 49.3 Å². The van der Waals surface area contributed by atoms with E-state index in [1.54, 1.807) is 18.0 Å². The zero-order chi connectivity index (χ0) is 24.2. The number of hydrogen-bond donors (Lipinski definition) is 1. The molecule has 0 spiro atoms. The Hall–Kier alpha value is -2.28. The molecule has 2 heterocycles. The van der Waals surface area contributed by atoms with Crippen molar-refractivity contribution in [2.24, 2.45) is 11.8 Å². The van der Waals surface area contributed by atoms with Crippen molar-refractivity contribution in [1.82, 2.24) is 10.2 Å². The predicted molar refractivity (Wildman–Crippen MR) is 141 cm³/mol. The van der Waals surface area contributed by atoms with Gasteiger partial charge in [-0.3, -0.25) is 9.59 Å². The van der Waals surface area contributed by atoms with E-state index in [2.05, 4.69) is 24.1 Å². The molecule has 2 aromatic carbocycles. The minimum absolute atomic E-state index is 0.0972. The Labute approximate surface area is 211 Å². The first-order chi connectivity index (χ1) is 16.3. The van der Waals surface area contributed by atoms with Gasteiger partial charge in [0.2, 0.25) is 0 Å². The lowest BCUT2D eigenvalue weighted by Gasteiger charge is -2.34. The second-order valence-corrected chi connectivity index (χ2v) is 11.0. The Bertz CT molecular complexity index is 1090. The van der Waals surface area contributed by atoms with Crippen LogP contribution in [0.3, 0.4) is 0 Å². The van der Waals surface area contributed by atoms with Gasteiger partial charge in [-0.2, -0.15) is 0 Å². The van der Waals surface area contributed by atoms with Crippen LogP contribution in [-0.4, -0.2) is 49.9 Å². The lowest BCUT2D eigenvalue weighted by atomic mass is 9.92. The average molecular weight is 498 g/mol. The zero-order valence-corrected chi connectivity index (χ0v) is 21.6. The number of likely N-dealkylation sites (tertiary alicyclic amines) is 1. The number of likely N-dealkylation sites (N-methyl/N-ethyl adjacent to an activating group) is 1. The van der Waals surface area contributed by atoms with Crippen molar-refractivity contribution in [3.8, 4) is 0 Å². The Morgan fingerprint density at radius 2 is 1.94 bits per heavy atom. The molecule has 2 aromatic rings. The summed E-state index contributed by atoms with van der Waals surface area (Å²) < 4.78 is 0. The van der Waals surface area contributed by atoms with E-state index in [0.717, 1.165) is 54.0 Å². The highest BCUT2D eigenvalue weighted by atomic mass is 35.5. The van der Waals surface area contributed by atoms with Crippen molar-refractivity contribution in [2.45, 2.75) is 31.6 Å². The van der Waals surface area contributed by atoms with Crippen LogP contribution in [-0.2, 0) is 4.79 Å². The fraction of sp³-hybridized carbons (Fsp3) is 0.407. The smallest absolute Gasteiger partial charge is 0.264 e. The van der Waals surface area contributed by atoms with Gasteiger partial charge in [0.05, 0.1) is 10.6 Å². The second-order valence-electron chi connectivity index (χ2n) is 9.53. The molecule has 2 amide bonds. The molecule has 4 rings (SSSR count). The summed E-state index contributed by atoms with van der Waals surface area (Å²) in [5, 5.41) is 3.67. The third-order valence-electron chi connectivity index (χ3n) is 6.35. The van der Waals surface area contributed by atoms with Gasteiger partial charge in [-0.15, -0.1) is 0 Å². The van der Waals surface area contributed by atoms with Crippen LogP contribution in [0.2, 0.25) is 5.02 Å². The Morgan fingerprint density at radius 1 is 1.18 bits per heavy atom. The van der Waals surface area contributed by atoms with Crippen molar-refractivity contribution >= 4 is 46.9 Å². The number of carbonyl (C=O) groups is 2. The molecule has 0 radical (unpaired) electrons. The first-order valence-electron chi connectivity index (χ1n) is 11.9. The quantitative estimate of drug-likeness (QED) is 0.420. The number of nitrogens with one attached hydrogen (secondary N) is 1. The van der Waals surface area contributed by atoms with Crippen LogP contribution in [0.15, 0.2) is 52.3 Å². The number of carbonyl (C=O) groups excluding carboxylic acids is 2. The SMILES string of the molecule is C[C@H]1C[C@H](C)CN(CCCNC(=O)c2ccc3c(c2)N(C)C(=O)/C(=C/c2cccc(Cl)c2)S3)C1. The maximum Gasteiger partial charge on any atom is 0.264 e. The molecule has 34 heavy (non-hydrogen) atoms. The van der Waals surface area contributed by atoms with E-state index in [9.17, 15) is 9.59 Å². The van der Waals surface area contributed by atoms with Gasteiger partial charge < -0.3 is 15.1 Å². The summed E-state index contributed by atoms with van der Waals surface area (Å²) in [6.07, 6.45) is 4.09. The zero-order valence-electron chi connectivity index (χ0n) is 20.0. The molecule has 5 nitrogen and oxygen atoms in total. The number of benzene rings is 2. The predicted octanol–water partition coefficient (Wildman–Crippen LogP) is 5.55. The standard InChI is InChI=1S/C27H32ClN3O2S/c1-18-12-19(2)17-31(16-18)11-5-10-29-26(32)21-8-9-24-23(15-21)30(3)27(33)25(34-24)14-20-6-4-7-22(28)13-20/h4,6-9,13-15,18-19H,5,10-12,16-17H2,1-3H3,(H,29,32)/b25-14-/t18-,19-/m0/s1. The lowest BCUT2D eigenvalue weighted by molar-refractivity contribution is -0.114. The number of fused-ring (bicyclic) bond motifs is 1. The van der Waals surface area contributed by atoms with Gasteiger partial charge >= 0.3 is 0 Å². The summed E-state index contributed by atoms with van der Waals surface area (Å²) in [4.78, 5) is 31.4. The summed E-state index contributed by atoms with van der Waals surface area (Å²) in [5.41, 5.74) is 2.20. The number of nitrogens with zero attached hydrogens (tertiary/aromatic N) is 2. The van der Waals surface area contributed by atoms with Crippen molar-refractivity contribution in [1.29, 1.82) is 0 Å². The molecule has 1 fully saturated rings. The Balaban J connectivity index is 1.37. The number of thioether (sulfide) groups is 1. The van der Waals surface area contributed by atoms with Crippen LogP contribution in [0.4, 0.5) is 5.69 Å². The molecule has 0 saturated carbocycles. The fourth-order valence-electron chi connectivity index (χ4n) is 4.86. The second kappa shape index (κ2) is 11.0. The normalized spacial score (nSPS) is 22.1. The van der Waals surface area contributed by atoms with E-state index in [0.29, 0.717) is 22.0 Å². The number of rotatable bonds is 6. The molecule has 0 unspecified atom stereocenters. The third kappa shape index (κ3) is 6.04. The molecule has 0 bridgehead atoms. The Morgan fingerprint density at radius 3 is 2.68 bits per heavy atom. The highest BCUT2D eigenvalue weighted by Gasteiger charge is 2.27. The maximum atomic E-state index is 13.0. The molecule has 2 aliphatic heterocycles. The van der Waals surface area contributed by atoms with E-state index in [4.69, 9.17) is 11.6 Å². The van der Waals surface area contributed by atoms with Crippen molar-refractivity contribution < 1.29 is 9.59 Å². The van der Waals surface area contributed by atoms with Crippen molar-refractivity contribution in [3.63, 3.8) is 0 Å². The van der Waals surface area contributed by atoms with Gasteiger partial charge in [0.25, 0.3) is 11.8 Å². The molecule has 1 saturated heterocycles. The van der Waals surface area contributed by atoms with Crippen LogP contribution in [0, 0.1) is 11.8 Å². The number of hydrogen-bond acceptors (Lipinski definition) is 4.